The normalized spacial score (nSPS) is 25.9. The molecule has 2 nitrogen and oxygen atoms in total. The third kappa shape index (κ3) is 3.12. The van der Waals surface area contributed by atoms with Gasteiger partial charge in [-0.15, -0.1) is 0 Å². The van der Waals surface area contributed by atoms with Gasteiger partial charge in [0.1, 0.15) is 0 Å². The average molecular weight is 247 g/mol. The van der Waals surface area contributed by atoms with Crippen molar-refractivity contribution in [1.82, 2.24) is 0 Å². The van der Waals surface area contributed by atoms with E-state index in [4.69, 9.17) is 10.5 Å². The predicted octanol–water partition coefficient (Wildman–Crippen LogP) is 3.08. The van der Waals surface area contributed by atoms with Crippen LogP contribution in [0, 0.1) is 0 Å². The van der Waals surface area contributed by atoms with Crippen molar-refractivity contribution < 1.29 is 4.74 Å². The van der Waals surface area contributed by atoms with E-state index in [1.54, 1.807) is 0 Å². The Bertz CT molecular complexity index is 365. The smallest absolute Gasteiger partial charge is 0.0807 e. The molecule has 2 atom stereocenters. The number of rotatable bonds is 4. The molecule has 2 rings (SSSR count). The van der Waals surface area contributed by atoms with Gasteiger partial charge >= 0.3 is 0 Å². The van der Waals surface area contributed by atoms with Crippen LogP contribution in [-0.2, 0) is 17.6 Å². The number of benzene rings is 1. The molecule has 1 aliphatic heterocycles. The lowest BCUT2D eigenvalue weighted by Crippen LogP contribution is -2.50. The predicted molar refractivity (Wildman–Crippen MR) is 75.7 cm³/mol. The Morgan fingerprint density at radius 2 is 1.89 bits per heavy atom. The Labute approximate surface area is 111 Å². The van der Waals surface area contributed by atoms with E-state index < -0.39 is 0 Å². The van der Waals surface area contributed by atoms with Gasteiger partial charge in [0.2, 0.25) is 0 Å². The zero-order chi connectivity index (χ0) is 13.0. The van der Waals surface area contributed by atoms with Crippen molar-refractivity contribution in [2.75, 3.05) is 6.61 Å². The molecule has 0 aliphatic carbocycles. The molecule has 0 amide bonds. The number of aryl methyl sites for hydroxylation is 1. The van der Waals surface area contributed by atoms with E-state index in [-0.39, 0.29) is 11.6 Å². The van der Waals surface area contributed by atoms with Crippen LogP contribution < -0.4 is 5.73 Å². The summed E-state index contributed by atoms with van der Waals surface area (Å²) in [6.45, 7) is 5.20. The lowest BCUT2D eigenvalue weighted by molar-refractivity contribution is -0.0808. The molecule has 0 radical (unpaired) electrons. The molecular weight excluding hydrogens is 222 g/mol. The zero-order valence-electron chi connectivity index (χ0n) is 11.6. The van der Waals surface area contributed by atoms with E-state index >= 15 is 0 Å². The molecule has 1 saturated heterocycles. The van der Waals surface area contributed by atoms with Crippen molar-refractivity contribution in [3.05, 3.63) is 35.4 Å². The van der Waals surface area contributed by atoms with Crippen LogP contribution in [-0.4, -0.2) is 18.2 Å². The molecule has 18 heavy (non-hydrogen) atoms. The third-order valence-corrected chi connectivity index (χ3v) is 4.17. The zero-order valence-corrected chi connectivity index (χ0v) is 11.6. The molecule has 2 unspecified atom stereocenters. The van der Waals surface area contributed by atoms with Crippen molar-refractivity contribution in [2.45, 2.75) is 57.6 Å². The molecule has 0 spiro atoms. The van der Waals surface area contributed by atoms with Gasteiger partial charge in [-0.05, 0) is 50.2 Å². The summed E-state index contributed by atoms with van der Waals surface area (Å²) >= 11 is 0. The van der Waals surface area contributed by atoms with Gasteiger partial charge < -0.3 is 10.5 Å². The maximum atomic E-state index is 6.36. The van der Waals surface area contributed by atoms with Crippen LogP contribution in [0.1, 0.15) is 44.2 Å². The van der Waals surface area contributed by atoms with Gasteiger partial charge in [-0.1, -0.05) is 31.2 Å². The first-order valence-electron chi connectivity index (χ1n) is 7.11. The number of nitrogens with two attached hydrogens (primary N) is 1. The van der Waals surface area contributed by atoms with Crippen molar-refractivity contribution >= 4 is 0 Å². The number of hydrogen-bond acceptors (Lipinski definition) is 2. The molecule has 1 aromatic carbocycles. The summed E-state index contributed by atoms with van der Waals surface area (Å²) in [5, 5.41) is 0. The quantitative estimate of drug-likeness (QED) is 0.887. The molecule has 2 heteroatoms. The lowest BCUT2D eigenvalue weighted by atomic mass is 9.85. The molecule has 1 aromatic rings. The van der Waals surface area contributed by atoms with Crippen LogP contribution in [0.2, 0.25) is 0 Å². The van der Waals surface area contributed by atoms with Crippen molar-refractivity contribution in [3.8, 4) is 0 Å². The Morgan fingerprint density at radius 3 is 2.44 bits per heavy atom. The molecule has 1 fully saturated rings. The van der Waals surface area contributed by atoms with Crippen molar-refractivity contribution in [3.63, 3.8) is 0 Å². The maximum absolute atomic E-state index is 6.36. The summed E-state index contributed by atoms with van der Waals surface area (Å²) in [6, 6.07) is 8.89. The fraction of sp³-hybridized carbons (Fsp3) is 0.625. The van der Waals surface area contributed by atoms with Crippen LogP contribution in [0.25, 0.3) is 0 Å². The Morgan fingerprint density at radius 1 is 1.22 bits per heavy atom. The number of hydrogen-bond donors (Lipinski definition) is 1. The fourth-order valence-corrected chi connectivity index (χ4v) is 2.63. The molecule has 0 bridgehead atoms. The van der Waals surface area contributed by atoms with Gasteiger partial charge in [0.15, 0.2) is 0 Å². The van der Waals surface area contributed by atoms with Crippen LogP contribution in [0.5, 0.6) is 0 Å². The minimum Gasteiger partial charge on any atom is -0.374 e. The second-order valence-electron chi connectivity index (χ2n) is 5.60. The van der Waals surface area contributed by atoms with Gasteiger partial charge in [-0.25, -0.2) is 0 Å². The molecule has 2 N–H and O–H groups in total. The topological polar surface area (TPSA) is 35.2 Å². The van der Waals surface area contributed by atoms with Gasteiger partial charge in [0.05, 0.1) is 5.60 Å². The van der Waals surface area contributed by atoms with Crippen LogP contribution >= 0.6 is 0 Å². The van der Waals surface area contributed by atoms with Crippen LogP contribution in [0.15, 0.2) is 24.3 Å². The standard InChI is InChI=1S/C16H25NO/c1-3-13-6-8-14(9-7-13)12-15(17)16(2)10-4-5-11-18-16/h6-9,15H,3-5,10-12,17H2,1-2H3. The fourth-order valence-electron chi connectivity index (χ4n) is 2.63. The first-order valence-corrected chi connectivity index (χ1v) is 7.11. The first-order chi connectivity index (χ1) is 8.64. The largest absolute Gasteiger partial charge is 0.374 e. The van der Waals surface area contributed by atoms with E-state index in [1.807, 2.05) is 0 Å². The molecule has 0 saturated carbocycles. The highest BCUT2D eigenvalue weighted by Gasteiger charge is 2.34. The molecule has 100 valence electrons. The monoisotopic (exact) mass is 247 g/mol. The van der Waals surface area contributed by atoms with E-state index in [0.29, 0.717) is 0 Å². The summed E-state index contributed by atoms with van der Waals surface area (Å²) < 4.78 is 5.92. The van der Waals surface area contributed by atoms with Crippen LogP contribution in [0.4, 0.5) is 0 Å². The maximum Gasteiger partial charge on any atom is 0.0807 e. The third-order valence-electron chi connectivity index (χ3n) is 4.17. The van der Waals surface area contributed by atoms with Crippen molar-refractivity contribution in [2.24, 2.45) is 5.73 Å². The van der Waals surface area contributed by atoms with E-state index in [2.05, 4.69) is 38.1 Å². The van der Waals surface area contributed by atoms with E-state index in [0.717, 1.165) is 25.9 Å². The highest BCUT2D eigenvalue weighted by atomic mass is 16.5. The second kappa shape index (κ2) is 5.85. The van der Waals surface area contributed by atoms with Gasteiger partial charge in [-0.2, -0.15) is 0 Å². The Balaban J connectivity index is 1.98. The van der Waals surface area contributed by atoms with Crippen molar-refractivity contribution in [1.29, 1.82) is 0 Å². The number of ether oxygens (including phenoxy) is 1. The average Bonchev–Trinajstić information content (AvgIpc) is 2.40. The SMILES string of the molecule is CCc1ccc(CC(N)C2(C)CCCCO2)cc1. The minimum atomic E-state index is -0.137. The van der Waals surface area contributed by atoms with Gasteiger partial charge in [0.25, 0.3) is 0 Å². The summed E-state index contributed by atoms with van der Waals surface area (Å²) in [6.07, 6.45) is 5.49. The van der Waals surface area contributed by atoms with Gasteiger partial charge in [0, 0.05) is 12.6 Å². The molecular formula is C16H25NO. The van der Waals surface area contributed by atoms with Crippen LogP contribution in [0.3, 0.4) is 0 Å². The lowest BCUT2D eigenvalue weighted by Gasteiger charge is -2.39. The minimum absolute atomic E-state index is 0.0882. The molecule has 1 heterocycles. The summed E-state index contributed by atoms with van der Waals surface area (Å²) in [7, 11) is 0. The Hall–Kier alpha value is -0.860. The Kier molecular flexibility index (Phi) is 4.41. The first kappa shape index (κ1) is 13.6. The second-order valence-corrected chi connectivity index (χ2v) is 5.60. The highest BCUT2D eigenvalue weighted by Crippen LogP contribution is 2.28. The highest BCUT2D eigenvalue weighted by molar-refractivity contribution is 5.23. The molecule has 0 aromatic heterocycles. The summed E-state index contributed by atoms with van der Waals surface area (Å²) in [4.78, 5) is 0. The van der Waals surface area contributed by atoms with E-state index in [1.165, 1.54) is 24.0 Å². The van der Waals surface area contributed by atoms with Gasteiger partial charge in [-0.3, -0.25) is 0 Å². The molecule has 1 aliphatic rings. The van der Waals surface area contributed by atoms with E-state index in [9.17, 15) is 0 Å². The summed E-state index contributed by atoms with van der Waals surface area (Å²) in [5.74, 6) is 0. The summed E-state index contributed by atoms with van der Waals surface area (Å²) in [5.41, 5.74) is 8.92.